The molecule has 0 aliphatic heterocycles. The summed E-state index contributed by atoms with van der Waals surface area (Å²) in [5, 5.41) is 4.32. The van der Waals surface area contributed by atoms with Crippen molar-refractivity contribution in [3.05, 3.63) is 54.9 Å². The lowest BCUT2D eigenvalue weighted by Crippen LogP contribution is -2.36. The monoisotopic (exact) mass is 478 g/mol. The molecule has 0 bridgehead atoms. The predicted molar refractivity (Wildman–Crippen MR) is 128 cm³/mol. The third kappa shape index (κ3) is 4.37. The number of aromatic nitrogens is 2. The highest BCUT2D eigenvalue weighted by Gasteiger charge is 2.26. The number of nitrogens with zero attached hydrogens (tertiary/aromatic N) is 3. The molecule has 0 spiro atoms. The lowest BCUT2D eigenvalue weighted by molar-refractivity contribution is -0.119. The lowest BCUT2D eigenvalue weighted by Gasteiger charge is -2.21. The number of carbonyl (C=O) groups excluding carboxylic acids is 1. The zero-order chi connectivity index (χ0) is 22.3. The van der Waals surface area contributed by atoms with Crippen molar-refractivity contribution in [3.8, 4) is 0 Å². The van der Waals surface area contributed by atoms with E-state index in [1.165, 1.54) is 9.44 Å². The van der Waals surface area contributed by atoms with Crippen LogP contribution in [0.3, 0.4) is 0 Å². The molecule has 1 unspecified atom stereocenters. The van der Waals surface area contributed by atoms with Gasteiger partial charge in [-0.1, -0.05) is 23.2 Å². The molecule has 4 rings (SSSR count). The maximum absolute atomic E-state index is 13.7. The van der Waals surface area contributed by atoms with E-state index in [0.717, 1.165) is 36.1 Å². The molecule has 1 aliphatic carbocycles. The SMILES string of the molecule is CC(C(=O)Nc1cc(Cl)ccc1Cl)n1c(CN(C)C)nc2sc3c(c2c1=O)CCCC3. The van der Waals surface area contributed by atoms with Gasteiger partial charge in [-0.05, 0) is 70.5 Å². The molecule has 0 saturated heterocycles. The summed E-state index contributed by atoms with van der Waals surface area (Å²) in [6.45, 7) is 2.16. The average Bonchev–Trinajstić information content (AvgIpc) is 3.08. The van der Waals surface area contributed by atoms with E-state index in [1.54, 1.807) is 36.5 Å². The number of hydrogen-bond donors (Lipinski definition) is 1. The van der Waals surface area contributed by atoms with E-state index in [9.17, 15) is 9.59 Å². The Morgan fingerprint density at radius 3 is 2.77 bits per heavy atom. The molecule has 0 radical (unpaired) electrons. The fourth-order valence-corrected chi connectivity index (χ4v) is 5.61. The molecule has 1 aliphatic rings. The minimum absolute atomic E-state index is 0.152. The fourth-order valence-electron chi connectivity index (χ4n) is 4.00. The van der Waals surface area contributed by atoms with Crippen molar-refractivity contribution in [3.63, 3.8) is 0 Å². The van der Waals surface area contributed by atoms with Gasteiger partial charge in [0.2, 0.25) is 5.91 Å². The highest BCUT2D eigenvalue weighted by Crippen LogP contribution is 2.34. The van der Waals surface area contributed by atoms with Gasteiger partial charge in [-0.25, -0.2) is 4.98 Å². The molecular weight excluding hydrogens is 455 g/mol. The summed E-state index contributed by atoms with van der Waals surface area (Å²) in [5.74, 6) is 0.220. The number of fused-ring (bicyclic) bond motifs is 3. The van der Waals surface area contributed by atoms with Gasteiger partial charge in [-0.15, -0.1) is 11.3 Å². The van der Waals surface area contributed by atoms with Crippen molar-refractivity contribution in [1.82, 2.24) is 14.5 Å². The number of halogens is 2. The number of anilines is 1. The van der Waals surface area contributed by atoms with Gasteiger partial charge >= 0.3 is 0 Å². The average molecular weight is 479 g/mol. The molecule has 6 nitrogen and oxygen atoms in total. The summed E-state index contributed by atoms with van der Waals surface area (Å²) >= 11 is 13.9. The van der Waals surface area contributed by atoms with Crippen LogP contribution in [0, 0.1) is 0 Å². The quantitative estimate of drug-likeness (QED) is 0.565. The molecular formula is C22H24Cl2N4O2S. The standard InChI is InChI=1S/C22H24Cl2N4O2S/c1-12(20(29)25-16-10-13(23)8-9-15(16)24)28-18(11-27(2)3)26-21-19(22(28)30)14-6-4-5-7-17(14)31-21/h8-10,12H,4-7,11H2,1-3H3,(H,25,29). The van der Waals surface area contributed by atoms with E-state index in [0.29, 0.717) is 33.5 Å². The van der Waals surface area contributed by atoms with Gasteiger partial charge in [0.1, 0.15) is 16.7 Å². The normalized spacial score (nSPS) is 14.6. The first-order valence-electron chi connectivity index (χ1n) is 10.2. The molecule has 9 heteroatoms. The smallest absolute Gasteiger partial charge is 0.263 e. The first-order chi connectivity index (χ1) is 14.8. The molecule has 1 aromatic carbocycles. The van der Waals surface area contributed by atoms with Crippen LogP contribution in [0.4, 0.5) is 5.69 Å². The molecule has 0 saturated carbocycles. The van der Waals surface area contributed by atoms with Crippen molar-refractivity contribution >= 4 is 56.3 Å². The molecule has 1 N–H and O–H groups in total. The van der Waals surface area contributed by atoms with E-state index in [-0.39, 0.29) is 11.5 Å². The zero-order valence-electron chi connectivity index (χ0n) is 17.7. The Morgan fingerprint density at radius 2 is 2.03 bits per heavy atom. The number of benzene rings is 1. The second kappa shape index (κ2) is 8.90. The Balaban J connectivity index is 1.80. The number of nitrogens with one attached hydrogen (secondary N) is 1. The Kier molecular flexibility index (Phi) is 6.40. The number of carbonyl (C=O) groups is 1. The molecule has 2 heterocycles. The van der Waals surface area contributed by atoms with Crippen molar-refractivity contribution in [2.45, 2.75) is 45.2 Å². The van der Waals surface area contributed by atoms with Crippen molar-refractivity contribution in [2.24, 2.45) is 0 Å². The fraction of sp³-hybridized carbons (Fsp3) is 0.409. The van der Waals surface area contributed by atoms with Crippen molar-refractivity contribution in [1.29, 1.82) is 0 Å². The van der Waals surface area contributed by atoms with Crippen LogP contribution in [0.5, 0.6) is 0 Å². The van der Waals surface area contributed by atoms with Gasteiger partial charge in [-0.3, -0.25) is 14.2 Å². The molecule has 1 atom stereocenters. The van der Waals surface area contributed by atoms with Crippen LogP contribution in [0.2, 0.25) is 10.0 Å². The maximum atomic E-state index is 13.7. The van der Waals surface area contributed by atoms with Crippen LogP contribution in [0.1, 0.15) is 42.1 Å². The van der Waals surface area contributed by atoms with E-state index < -0.39 is 6.04 Å². The summed E-state index contributed by atoms with van der Waals surface area (Å²) in [4.78, 5) is 35.6. The van der Waals surface area contributed by atoms with Gasteiger partial charge < -0.3 is 10.2 Å². The molecule has 2 aromatic heterocycles. The summed E-state index contributed by atoms with van der Waals surface area (Å²) in [6.07, 6.45) is 4.08. The third-order valence-corrected chi connectivity index (χ3v) is 7.26. The highest BCUT2D eigenvalue weighted by atomic mass is 35.5. The second-order valence-corrected chi connectivity index (χ2v) is 10.0. The van der Waals surface area contributed by atoms with Crippen LogP contribution >= 0.6 is 34.5 Å². The Hall–Kier alpha value is -1.93. The first kappa shape index (κ1) is 22.3. The van der Waals surface area contributed by atoms with Crippen LogP contribution < -0.4 is 10.9 Å². The van der Waals surface area contributed by atoms with Gasteiger partial charge in [0.25, 0.3) is 5.56 Å². The van der Waals surface area contributed by atoms with Crippen molar-refractivity contribution in [2.75, 3.05) is 19.4 Å². The van der Waals surface area contributed by atoms with Gasteiger partial charge in [0.05, 0.1) is 22.6 Å². The van der Waals surface area contributed by atoms with Crippen LogP contribution in [-0.4, -0.2) is 34.5 Å². The number of thiophene rings is 1. The Bertz CT molecular complexity index is 1220. The predicted octanol–water partition coefficient (Wildman–Crippen LogP) is 4.90. The van der Waals surface area contributed by atoms with Crippen molar-refractivity contribution < 1.29 is 4.79 Å². The molecule has 0 fully saturated rings. The van der Waals surface area contributed by atoms with Gasteiger partial charge in [-0.2, -0.15) is 0 Å². The second-order valence-electron chi connectivity index (χ2n) is 8.12. The van der Waals surface area contributed by atoms with Crippen LogP contribution in [0.15, 0.2) is 23.0 Å². The maximum Gasteiger partial charge on any atom is 0.263 e. The number of amides is 1. The number of hydrogen-bond acceptors (Lipinski definition) is 5. The van der Waals surface area contributed by atoms with Gasteiger partial charge in [0.15, 0.2) is 0 Å². The Morgan fingerprint density at radius 1 is 1.29 bits per heavy atom. The minimum atomic E-state index is -0.770. The largest absolute Gasteiger partial charge is 0.323 e. The third-order valence-electron chi connectivity index (χ3n) is 5.50. The van der Waals surface area contributed by atoms with E-state index in [2.05, 4.69) is 5.32 Å². The topological polar surface area (TPSA) is 67.2 Å². The van der Waals surface area contributed by atoms with E-state index >= 15 is 0 Å². The first-order valence-corrected chi connectivity index (χ1v) is 11.8. The molecule has 164 valence electrons. The van der Waals surface area contributed by atoms with Crippen LogP contribution in [-0.2, 0) is 24.2 Å². The summed E-state index contributed by atoms with van der Waals surface area (Å²) < 4.78 is 1.53. The number of rotatable bonds is 5. The van der Waals surface area contributed by atoms with E-state index in [4.69, 9.17) is 28.2 Å². The number of aryl methyl sites for hydroxylation is 2. The summed E-state index contributed by atoms with van der Waals surface area (Å²) in [7, 11) is 3.83. The summed E-state index contributed by atoms with van der Waals surface area (Å²) in [6, 6.07) is 4.10. The highest BCUT2D eigenvalue weighted by molar-refractivity contribution is 7.18. The molecule has 3 aromatic rings. The lowest BCUT2D eigenvalue weighted by atomic mass is 9.97. The molecule has 31 heavy (non-hydrogen) atoms. The Labute approximate surface area is 194 Å². The summed E-state index contributed by atoms with van der Waals surface area (Å²) in [5.41, 5.74) is 1.37. The minimum Gasteiger partial charge on any atom is -0.323 e. The van der Waals surface area contributed by atoms with E-state index in [1.807, 2.05) is 19.0 Å². The molecule has 1 amide bonds. The zero-order valence-corrected chi connectivity index (χ0v) is 20.0. The van der Waals surface area contributed by atoms with Gasteiger partial charge in [0, 0.05) is 9.90 Å². The van der Waals surface area contributed by atoms with Crippen LogP contribution in [0.25, 0.3) is 10.2 Å².